The van der Waals surface area contributed by atoms with Gasteiger partial charge in [-0.25, -0.2) is 0 Å². The first-order chi connectivity index (χ1) is 8.69. The second-order valence-electron chi connectivity index (χ2n) is 5.23. The maximum absolute atomic E-state index is 8.93. The highest BCUT2D eigenvalue weighted by molar-refractivity contribution is 5.21. The molecule has 0 aromatic heterocycles. The lowest BCUT2D eigenvalue weighted by atomic mass is 10.1. The zero-order chi connectivity index (χ0) is 13.0. The number of hydrogen-bond acceptors (Lipinski definition) is 3. The summed E-state index contributed by atoms with van der Waals surface area (Å²) in [6.07, 6.45) is 0.621. The van der Waals surface area contributed by atoms with Gasteiger partial charge in [-0.05, 0) is 19.5 Å². The van der Waals surface area contributed by atoms with Crippen molar-refractivity contribution in [3.8, 4) is 6.07 Å². The Morgan fingerprint density at radius 2 is 2.00 bits per heavy atom. The fraction of sp³-hybridized carbons (Fsp3) is 0.533. The fourth-order valence-corrected chi connectivity index (χ4v) is 2.48. The van der Waals surface area contributed by atoms with Crippen molar-refractivity contribution in [3.63, 3.8) is 0 Å². The summed E-state index contributed by atoms with van der Waals surface area (Å²) in [7, 11) is 2.13. The van der Waals surface area contributed by atoms with E-state index in [1.165, 1.54) is 11.1 Å². The Balaban J connectivity index is 2.02. The molecule has 1 atom stereocenters. The summed E-state index contributed by atoms with van der Waals surface area (Å²) in [5, 5.41) is 8.93. The van der Waals surface area contributed by atoms with E-state index in [9.17, 15) is 0 Å². The Morgan fingerprint density at radius 3 is 2.67 bits per heavy atom. The van der Waals surface area contributed by atoms with Crippen LogP contribution in [0.3, 0.4) is 0 Å². The van der Waals surface area contributed by atoms with E-state index in [4.69, 9.17) is 5.26 Å². The molecule has 1 aliphatic heterocycles. The van der Waals surface area contributed by atoms with Gasteiger partial charge in [0.15, 0.2) is 0 Å². The molecule has 0 aliphatic carbocycles. The number of benzene rings is 1. The molecular formula is C15H21N3. The summed E-state index contributed by atoms with van der Waals surface area (Å²) in [5.41, 5.74) is 2.64. The SMILES string of the molecule is Cc1ccc(CN2CCN(C)CC2CC#N)cc1. The van der Waals surface area contributed by atoms with Crippen LogP contribution in [0.2, 0.25) is 0 Å². The number of nitrogens with zero attached hydrogens (tertiary/aromatic N) is 3. The van der Waals surface area contributed by atoms with Gasteiger partial charge in [0.05, 0.1) is 12.5 Å². The summed E-state index contributed by atoms with van der Waals surface area (Å²) in [6.45, 7) is 6.21. The van der Waals surface area contributed by atoms with E-state index in [2.05, 4.69) is 54.1 Å². The molecule has 1 aromatic rings. The van der Waals surface area contributed by atoms with Crippen molar-refractivity contribution in [1.82, 2.24) is 9.80 Å². The number of rotatable bonds is 3. The highest BCUT2D eigenvalue weighted by atomic mass is 15.3. The van der Waals surface area contributed by atoms with Crippen LogP contribution in [0.4, 0.5) is 0 Å². The molecule has 0 saturated carbocycles. The minimum atomic E-state index is 0.370. The monoisotopic (exact) mass is 243 g/mol. The Hall–Kier alpha value is -1.37. The number of hydrogen-bond donors (Lipinski definition) is 0. The molecule has 0 amide bonds. The van der Waals surface area contributed by atoms with Gasteiger partial charge in [0.25, 0.3) is 0 Å². The van der Waals surface area contributed by atoms with Gasteiger partial charge >= 0.3 is 0 Å². The fourth-order valence-electron chi connectivity index (χ4n) is 2.48. The van der Waals surface area contributed by atoms with Crippen molar-refractivity contribution in [2.45, 2.75) is 25.9 Å². The lowest BCUT2D eigenvalue weighted by Gasteiger charge is -2.39. The summed E-state index contributed by atoms with van der Waals surface area (Å²) < 4.78 is 0. The highest BCUT2D eigenvalue weighted by Gasteiger charge is 2.24. The largest absolute Gasteiger partial charge is 0.304 e. The van der Waals surface area contributed by atoms with Crippen LogP contribution in [-0.2, 0) is 6.54 Å². The maximum Gasteiger partial charge on any atom is 0.0638 e. The third-order valence-corrected chi connectivity index (χ3v) is 3.64. The van der Waals surface area contributed by atoms with Crippen LogP contribution in [0.1, 0.15) is 17.5 Å². The van der Waals surface area contributed by atoms with Gasteiger partial charge in [0.1, 0.15) is 0 Å². The second kappa shape index (κ2) is 5.99. The van der Waals surface area contributed by atoms with Crippen molar-refractivity contribution in [2.75, 3.05) is 26.7 Å². The topological polar surface area (TPSA) is 30.3 Å². The minimum Gasteiger partial charge on any atom is -0.304 e. The molecule has 0 spiro atoms. The van der Waals surface area contributed by atoms with E-state index in [0.29, 0.717) is 12.5 Å². The zero-order valence-corrected chi connectivity index (χ0v) is 11.3. The first-order valence-corrected chi connectivity index (χ1v) is 6.54. The van der Waals surface area contributed by atoms with Crippen LogP contribution in [0.5, 0.6) is 0 Å². The molecular weight excluding hydrogens is 222 g/mol. The van der Waals surface area contributed by atoms with Crippen LogP contribution in [-0.4, -0.2) is 42.5 Å². The Labute approximate surface area is 110 Å². The van der Waals surface area contributed by atoms with Crippen molar-refractivity contribution < 1.29 is 0 Å². The molecule has 1 unspecified atom stereocenters. The van der Waals surface area contributed by atoms with Crippen LogP contribution in [0.25, 0.3) is 0 Å². The van der Waals surface area contributed by atoms with Gasteiger partial charge in [0.2, 0.25) is 0 Å². The van der Waals surface area contributed by atoms with Gasteiger partial charge in [-0.2, -0.15) is 5.26 Å². The molecule has 0 radical (unpaired) electrons. The molecule has 2 rings (SSSR count). The summed E-state index contributed by atoms with van der Waals surface area (Å²) >= 11 is 0. The van der Waals surface area contributed by atoms with E-state index in [1.54, 1.807) is 0 Å². The first-order valence-electron chi connectivity index (χ1n) is 6.54. The molecule has 3 heteroatoms. The molecule has 1 heterocycles. The summed E-state index contributed by atoms with van der Waals surface area (Å²) in [6, 6.07) is 11.4. The average Bonchev–Trinajstić information content (AvgIpc) is 2.36. The highest BCUT2D eigenvalue weighted by Crippen LogP contribution is 2.15. The third-order valence-electron chi connectivity index (χ3n) is 3.64. The Morgan fingerprint density at radius 1 is 1.28 bits per heavy atom. The van der Waals surface area contributed by atoms with Crippen molar-refractivity contribution in [3.05, 3.63) is 35.4 Å². The molecule has 0 N–H and O–H groups in total. The van der Waals surface area contributed by atoms with E-state index in [-0.39, 0.29) is 0 Å². The molecule has 96 valence electrons. The number of piperazine rings is 1. The molecule has 1 aliphatic rings. The summed E-state index contributed by atoms with van der Waals surface area (Å²) in [4.78, 5) is 4.75. The van der Waals surface area contributed by atoms with Gasteiger partial charge < -0.3 is 4.90 Å². The van der Waals surface area contributed by atoms with Crippen molar-refractivity contribution in [1.29, 1.82) is 5.26 Å². The van der Waals surface area contributed by atoms with Gasteiger partial charge in [0, 0.05) is 32.2 Å². The molecule has 1 aromatic carbocycles. The molecule has 1 saturated heterocycles. The van der Waals surface area contributed by atoms with Crippen LogP contribution < -0.4 is 0 Å². The lowest BCUT2D eigenvalue weighted by Crippen LogP contribution is -2.51. The molecule has 0 bridgehead atoms. The minimum absolute atomic E-state index is 0.370. The second-order valence-corrected chi connectivity index (χ2v) is 5.23. The average molecular weight is 243 g/mol. The van der Waals surface area contributed by atoms with Gasteiger partial charge in [-0.15, -0.1) is 0 Å². The third kappa shape index (κ3) is 3.32. The van der Waals surface area contributed by atoms with Crippen molar-refractivity contribution in [2.24, 2.45) is 0 Å². The predicted octanol–water partition coefficient (Wildman–Crippen LogP) is 2.02. The quantitative estimate of drug-likeness (QED) is 0.813. The Bertz CT molecular complexity index is 418. The standard InChI is InChI=1S/C15H21N3/c1-13-3-5-14(6-4-13)11-18-10-9-17(2)12-15(18)7-8-16/h3-6,15H,7,9-12H2,1-2H3. The van der Waals surface area contributed by atoms with E-state index >= 15 is 0 Å². The predicted molar refractivity (Wildman–Crippen MR) is 73.1 cm³/mol. The van der Waals surface area contributed by atoms with Gasteiger partial charge in [-0.1, -0.05) is 29.8 Å². The Kier molecular flexibility index (Phi) is 4.35. The van der Waals surface area contributed by atoms with Crippen LogP contribution in [0, 0.1) is 18.3 Å². The maximum atomic E-state index is 8.93. The van der Waals surface area contributed by atoms with Crippen molar-refractivity contribution >= 4 is 0 Å². The lowest BCUT2D eigenvalue weighted by molar-refractivity contribution is 0.0859. The van der Waals surface area contributed by atoms with E-state index < -0.39 is 0 Å². The van der Waals surface area contributed by atoms with Gasteiger partial charge in [-0.3, -0.25) is 4.90 Å². The zero-order valence-electron chi connectivity index (χ0n) is 11.3. The van der Waals surface area contributed by atoms with E-state index in [1.807, 2.05) is 0 Å². The summed E-state index contributed by atoms with van der Waals surface area (Å²) in [5.74, 6) is 0. The molecule has 18 heavy (non-hydrogen) atoms. The van der Waals surface area contributed by atoms with Crippen LogP contribution >= 0.6 is 0 Å². The smallest absolute Gasteiger partial charge is 0.0638 e. The first kappa shape index (κ1) is 13.1. The molecule has 1 fully saturated rings. The number of nitriles is 1. The normalized spacial score (nSPS) is 21.7. The number of aryl methyl sites for hydroxylation is 1. The van der Waals surface area contributed by atoms with Crippen LogP contribution in [0.15, 0.2) is 24.3 Å². The molecule has 3 nitrogen and oxygen atoms in total. The van der Waals surface area contributed by atoms with E-state index in [0.717, 1.165) is 26.2 Å². The number of likely N-dealkylation sites (N-methyl/N-ethyl adjacent to an activating group) is 1.